The first-order valence-corrected chi connectivity index (χ1v) is 9.89. The number of aromatic nitrogens is 2. The van der Waals surface area contributed by atoms with E-state index < -0.39 is 0 Å². The molecule has 144 valence electrons. The lowest BCUT2D eigenvalue weighted by Gasteiger charge is -2.06. The Morgan fingerprint density at radius 1 is 0.857 bits per heavy atom. The second-order valence-electron chi connectivity index (χ2n) is 7.18. The van der Waals surface area contributed by atoms with Crippen molar-refractivity contribution in [2.75, 3.05) is 7.11 Å². The third-order valence-corrected chi connectivity index (χ3v) is 5.17. The maximum atomic E-state index is 5.41. The van der Waals surface area contributed by atoms with Crippen molar-refractivity contribution < 1.29 is 9.25 Å². The average molecular weight is 375 g/mol. The molecule has 5 nitrogen and oxygen atoms in total. The van der Waals surface area contributed by atoms with E-state index in [2.05, 4.69) is 51.8 Å². The maximum Gasteiger partial charge on any atom is 0.216 e. The molecule has 0 saturated carbocycles. The summed E-state index contributed by atoms with van der Waals surface area (Å²) in [6.07, 6.45) is 6.58. The summed E-state index contributed by atoms with van der Waals surface area (Å²) < 4.78 is 5.41. The minimum absolute atomic E-state index is 0.644. The van der Waals surface area contributed by atoms with Crippen molar-refractivity contribution in [2.24, 2.45) is 5.16 Å². The quantitative estimate of drug-likeness (QED) is 0.317. The van der Waals surface area contributed by atoms with Crippen LogP contribution in [0.4, 0.5) is 0 Å². The molecule has 5 heteroatoms. The first-order valence-electron chi connectivity index (χ1n) is 9.89. The summed E-state index contributed by atoms with van der Waals surface area (Å²) in [5.74, 6) is 1.39. The molecule has 0 atom stereocenters. The molecule has 0 unspecified atom stereocenters. The van der Waals surface area contributed by atoms with Crippen LogP contribution in [0.3, 0.4) is 0 Å². The van der Waals surface area contributed by atoms with Crippen LogP contribution >= 0.6 is 0 Å². The molecule has 0 saturated heterocycles. The Bertz CT molecular complexity index is 991. The van der Waals surface area contributed by atoms with E-state index in [4.69, 9.17) is 9.25 Å². The van der Waals surface area contributed by atoms with Gasteiger partial charge in [0.25, 0.3) is 0 Å². The third-order valence-electron chi connectivity index (χ3n) is 5.17. The molecular weight excluding hydrogens is 350 g/mol. The van der Waals surface area contributed by atoms with Crippen molar-refractivity contribution in [3.63, 3.8) is 0 Å². The number of aryl methyl sites for hydroxylation is 3. The number of unbranched alkanes of at least 4 members (excludes halogenated alkanes) is 3. The van der Waals surface area contributed by atoms with E-state index in [-0.39, 0.29) is 0 Å². The van der Waals surface area contributed by atoms with Crippen LogP contribution in [-0.4, -0.2) is 23.0 Å². The highest BCUT2D eigenvalue weighted by Crippen LogP contribution is 2.37. The SMILES string of the molecule is CO/N=C1/c2ccccc2-c2ccc(CCCCCCc3nnc(C)o3)cc21. The van der Waals surface area contributed by atoms with E-state index in [0.29, 0.717) is 5.89 Å². The van der Waals surface area contributed by atoms with Gasteiger partial charge in [0.1, 0.15) is 12.8 Å². The molecule has 0 spiro atoms. The summed E-state index contributed by atoms with van der Waals surface area (Å²) >= 11 is 0. The Morgan fingerprint density at radius 3 is 2.36 bits per heavy atom. The van der Waals surface area contributed by atoms with E-state index in [1.807, 2.05) is 13.0 Å². The van der Waals surface area contributed by atoms with E-state index >= 15 is 0 Å². The van der Waals surface area contributed by atoms with Gasteiger partial charge >= 0.3 is 0 Å². The van der Waals surface area contributed by atoms with Gasteiger partial charge in [0.05, 0.1) is 0 Å². The van der Waals surface area contributed by atoms with Crippen molar-refractivity contribution in [2.45, 2.75) is 45.4 Å². The number of rotatable bonds is 8. The lowest BCUT2D eigenvalue weighted by molar-refractivity contribution is 0.214. The van der Waals surface area contributed by atoms with Crippen molar-refractivity contribution in [3.8, 4) is 11.1 Å². The standard InChI is InChI=1S/C23H25N3O2/c1-16-24-25-22(28-16)12-6-4-3-5-9-17-13-14-19-18-10-7-8-11-20(18)23(26-27-2)21(19)15-17/h7-8,10-11,13-15H,3-6,9,12H2,1-2H3/b26-23-. The van der Waals surface area contributed by atoms with Gasteiger partial charge in [0, 0.05) is 24.5 Å². The molecule has 2 aromatic carbocycles. The van der Waals surface area contributed by atoms with E-state index in [9.17, 15) is 0 Å². The molecule has 0 radical (unpaired) electrons. The Balaban J connectivity index is 1.34. The van der Waals surface area contributed by atoms with Crippen molar-refractivity contribution in [1.82, 2.24) is 10.2 Å². The molecule has 1 aliphatic carbocycles. The molecule has 4 rings (SSSR count). The van der Waals surface area contributed by atoms with Crippen molar-refractivity contribution >= 4 is 5.71 Å². The highest BCUT2D eigenvalue weighted by atomic mass is 16.6. The van der Waals surface area contributed by atoms with Crippen LogP contribution in [0.5, 0.6) is 0 Å². The van der Waals surface area contributed by atoms with Gasteiger partial charge in [0.2, 0.25) is 11.8 Å². The van der Waals surface area contributed by atoms with Crippen LogP contribution in [0, 0.1) is 6.92 Å². The van der Waals surface area contributed by atoms with Gasteiger partial charge in [-0.15, -0.1) is 10.2 Å². The highest BCUT2D eigenvalue weighted by molar-refractivity contribution is 6.24. The topological polar surface area (TPSA) is 60.5 Å². The Kier molecular flexibility index (Phi) is 5.51. The summed E-state index contributed by atoms with van der Waals surface area (Å²) in [5, 5.41) is 12.2. The molecule has 1 aromatic heterocycles. The minimum atomic E-state index is 0.644. The molecule has 0 aliphatic heterocycles. The maximum absolute atomic E-state index is 5.41. The number of fused-ring (bicyclic) bond motifs is 3. The lowest BCUT2D eigenvalue weighted by Crippen LogP contribution is -2.00. The van der Waals surface area contributed by atoms with Crippen LogP contribution in [-0.2, 0) is 17.7 Å². The third kappa shape index (κ3) is 3.84. The Labute approximate surface area is 165 Å². The molecular formula is C23H25N3O2. The van der Waals surface area contributed by atoms with Gasteiger partial charge < -0.3 is 9.25 Å². The number of nitrogens with zero attached hydrogens (tertiary/aromatic N) is 3. The number of hydrogen-bond donors (Lipinski definition) is 0. The zero-order chi connectivity index (χ0) is 19.3. The second-order valence-corrected chi connectivity index (χ2v) is 7.18. The summed E-state index contributed by atoms with van der Waals surface area (Å²) in [4.78, 5) is 5.11. The second kappa shape index (κ2) is 8.38. The molecule has 28 heavy (non-hydrogen) atoms. The van der Waals surface area contributed by atoms with Crippen molar-refractivity contribution in [3.05, 3.63) is 70.9 Å². The predicted octanol–water partition coefficient (Wildman–Crippen LogP) is 5.10. The smallest absolute Gasteiger partial charge is 0.216 e. The van der Waals surface area contributed by atoms with Crippen LogP contribution in [0.2, 0.25) is 0 Å². The molecule has 0 bridgehead atoms. The van der Waals surface area contributed by atoms with Crippen LogP contribution in [0.15, 0.2) is 52.0 Å². The van der Waals surface area contributed by atoms with Gasteiger partial charge in [-0.1, -0.05) is 54.4 Å². The van der Waals surface area contributed by atoms with Gasteiger partial charge in [-0.2, -0.15) is 0 Å². The fourth-order valence-corrected chi connectivity index (χ4v) is 3.83. The fourth-order valence-electron chi connectivity index (χ4n) is 3.83. The first-order chi connectivity index (χ1) is 13.8. The average Bonchev–Trinajstić information content (AvgIpc) is 3.26. The first kappa shape index (κ1) is 18.4. The summed E-state index contributed by atoms with van der Waals surface area (Å²) in [6, 6.07) is 15.1. The largest absolute Gasteiger partial charge is 0.426 e. The van der Waals surface area contributed by atoms with Crippen molar-refractivity contribution in [1.29, 1.82) is 0 Å². The van der Waals surface area contributed by atoms with Gasteiger partial charge in [-0.25, -0.2) is 0 Å². The normalized spacial score (nSPS) is 13.6. The molecule has 0 amide bonds. The monoisotopic (exact) mass is 375 g/mol. The molecule has 1 heterocycles. The summed E-state index contributed by atoms with van der Waals surface area (Å²) in [6.45, 7) is 1.83. The van der Waals surface area contributed by atoms with Crippen LogP contribution in [0.25, 0.3) is 11.1 Å². The van der Waals surface area contributed by atoms with Crippen LogP contribution in [0.1, 0.15) is 54.2 Å². The van der Waals surface area contributed by atoms with Gasteiger partial charge in [-0.05, 0) is 42.0 Å². The van der Waals surface area contributed by atoms with Gasteiger partial charge in [-0.3, -0.25) is 0 Å². The lowest BCUT2D eigenvalue weighted by atomic mass is 9.99. The Morgan fingerprint density at radius 2 is 1.61 bits per heavy atom. The van der Waals surface area contributed by atoms with E-state index in [1.165, 1.54) is 41.5 Å². The fraction of sp³-hybridized carbons (Fsp3) is 0.348. The predicted molar refractivity (Wildman–Crippen MR) is 109 cm³/mol. The Hall–Kier alpha value is -2.95. The highest BCUT2D eigenvalue weighted by Gasteiger charge is 2.25. The molecule has 0 N–H and O–H groups in total. The number of hydrogen-bond acceptors (Lipinski definition) is 5. The molecule has 0 fully saturated rings. The summed E-state index contributed by atoms with van der Waals surface area (Å²) in [5.41, 5.74) is 7.08. The van der Waals surface area contributed by atoms with Crippen LogP contribution < -0.4 is 0 Å². The molecule has 1 aliphatic rings. The van der Waals surface area contributed by atoms with Gasteiger partial charge in [0.15, 0.2) is 0 Å². The zero-order valence-electron chi connectivity index (χ0n) is 16.4. The minimum Gasteiger partial charge on any atom is -0.426 e. The number of oxime groups is 1. The van der Waals surface area contributed by atoms with E-state index in [1.54, 1.807) is 7.11 Å². The number of benzene rings is 2. The summed E-state index contributed by atoms with van der Waals surface area (Å²) in [7, 11) is 1.60. The van der Waals surface area contributed by atoms with E-state index in [0.717, 1.165) is 36.4 Å². The zero-order valence-corrected chi connectivity index (χ0v) is 16.4. The molecule has 3 aromatic rings.